The van der Waals surface area contributed by atoms with Crippen molar-refractivity contribution in [2.45, 2.75) is 18.7 Å². The molecule has 7 aromatic rings. The molecule has 0 saturated heterocycles. The third-order valence-electron chi connectivity index (χ3n) is 8.71. The van der Waals surface area contributed by atoms with Crippen LogP contribution >= 0.6 is 0 Å². The number of rotatable bonds is 0. The summed E-state index contributed by atoms with van der Waals surface area (Å²) in [6, 6.07) is 19.3. The first-order valence-electron chi connectivity index (χ1n) is 15.2. The predicted octanol–water partition coefficient (Wildman–Crippen LogP) is 9.86. The van der Waals surface area contributed by atoms with Gasteiger partial charge in [-0.1, -0.05) is 72.8 Å². The van der Waals surface area contributed by atoms with Gasteiger partial charge in [-0.15, -0.1) is 13.2 Å². The number of H-pyrrole nitrogens is 1. The van der Waals surface area contributed by atoms with Crippen LogP contribution in [0.2, 0.25) is 0 Å². The standard InChI is InChI=1S/C35H15F9N8/c36-33(37,38)22-14-13-21-23(24(22)34(39,40)41)30-48-26-16-8-2-4-10-18(16)28(46-26)51-32-20-12-6-5-11-19(20)31(52(32)35(42,43)44)50-27-17-9-3-1-7-15(17)25(45-27)47-29(21)49-30/h1-14H,(H,45,46,47,48,49,50,51). The molecule has 0 spiro atoms. The number of nitrogens with one attached hydrogen (secondary N) is 1. The normalized spacial score (nSPS) is 13.1. The number of aromatic amines is 1. The van der Waals surface area contributed by atoms with Crippen molar-refractivity contribution in [2.75, 3.05) is 0 Å². The van der Waals surface area contributed by atoms with Gasteiger partial charge < -0.3 is 4.98 Å². The number of nitrogens with zero attached hydrogens (tertiary/aromatic N) is 7. The molecule has 0 amide bonds. The number of aromatic nitrogens is 8. The highest BCUT2D eigenvalue weighted by Gasteiger charge is 2.45. The monoisotopic (exact) mass is 718 g/mol. The van der Waals surface area contributed by atoms with Gasteiger partial charge in [-0.05, 0) is 12.1 Å². The fourth-order valence-corrected chi connectivity index (χ4v) is 6.61. The van der Waals surface area contributed by atoms with Crippen molar-refractivity contribution >= 4 is 44.1 Å². The third kappa shape index (κ3) is 4.71. The molecule has 3 aromatic heterocycles. The van der Waals surface area contributed by atoms with Crippen molar-refractivity contribution < 1.29 is 39.5 Å². The number of hydrogen-bond acceptors (Lipinski definition) is 6. The molecule has 258 valence electrons. The van der Waals surface area contributed by atoms with Gasteiger partial charge in [-0.2, -0.15) is 26.3 Å². The van der Waals surface area contributed by atoms with Crippen molar-refractivity contribution in [2.24, 2.45) is 0 Å². The minimum Gasteiger partial charge on any atom is -0.324 e. The second kappa shape index (κ2) is 10.6. The van der Waals surface area contributed by atoms with E-state index in [1.165, 1.54) is 54.6 Å². The molecule has 52 heavy (non-hydrogen) atoms. The molecule has 8 bridgehead atoms. The van der Waals surface area contributed by atoms with Gasteiger partial charge in [-0.3, -0.25) is 0 Å². The van der Waals surface area contributed by atoms with Crippen LogP contribution in [-0.4, -0.2) is 39.5 Å². The maximum Gasteiger partial charge on any atom is 0.491 e. The molecule has 9 rings (SSSR count). The number of fused-ring (bicyclic) bond motifs is 20. The van der Waals surface area contributed by atoms with Crippen molar-refractivity contribution in [3.8, 4) is 45.6 Å². The number of alkyl halides is 9. The van der Waals surface area contributed by atoms with Gasteiger partial charge in [0.05, 0.1) is 11.1 Å². The summed E-state index contributed by atoms with van der Waals surface area (Å²) in [7, 11) is 0. The van der Waals surface area contributed by atoms with Gasteiger partial charge in [0.15, 0.2) is 34.6 Å². The van der Waals surface area contributed by atoms with E-state index >= 15 is 13.2 Å². The van der Waals surface area contributed by atoms with Crippen LogP contribution in [-0.2, 0) is 18.7 Å². The first kappa shape index (κ1) is 31.6. The Kier molecular flexibility index (Phi) is 6.42. The zero-order valence-corrected chi connectivity index (χ0v) is 25.6. The lowest BCUT2D eigenvalue weighted by molar-refractivity contribution is -0.198. The average Bonchev–Trinajstić information content (AvgIpc) is 3.81. The second-order valence-corrected chi connectivity index (χ2v) is 11.8. The van der Waals surface area contributed by atoms with E-state index in [0.717, 1.165) is 6.07 Å². The summed E-state index contributed by atoms with van der Waals surface area (Å²) in [4.78, 5) is 28.9. The maximum atomic E-state index is 15.1. The van der Waals surface area contributed by atoms with Gasteiger partial charge >= 0.3 is 18.7 Å². The van der Waals surface area contributed by atoms with E-state index in [0.29, 0.717) is 6.07 Å². The molecule has 0 fully saturated rings. The molecule has 0 saturated carbocycles. The summed E-state index contributed by atoms with van der Waals surface area (Å²) >= 11 is 0. The maximum absolute atomic E-state index is 15.1. The molecule has 17 heteroatoms. The summed E-state index contributed by atoms with van der Waals surface area (Å²) in [6.45, 7) is 0. The Bertz CT molecular complexity index is 2830. The van der Waals surface area contributed by atoms with Gasteiger partial charge in [0.25, 0.3) is 0 Å². The zero-order chi connectivity index (χ0) is 36.3. The van der Waals surface area contributed by atoms with E-state index in [1.54, 1.807) is 18.2 Å². The third-order valence-corrected chi connectivity index (χ3v) is 8.71. The van der Waals surface area contributed by atoms with Gasteiger partial charge in [0, 0.05) is 43.8 Å². The summed E-state index contributed by atoms with van der Waals surface area (Å²) < 4.78 is 132. The van der Waals surface area contributed by atoms with Crippen LogP contribution in [0.3, 0.4) is 0 Å². The molecular weight excluding hydrogens is 703 g/mol. The second-order valence-electron chi connectivity index (χ2n) is 11.8. The van der Waals surface area contributed by atoms with Crippen LogP contribution in [0.1, 0.15) is 11.1 Å². The van der Waals surface area contributed by atoms with E-state index in [-0.39, 0.29) is 71.9 Å². The lowest BCUT2D eigenvalue weighted by atomic mass is 10.0. The SMILES string of the molecule is FC(F)(F)c1ccc2c3nc4nc(nc5c6ccccc6c(nc6nc(nc([nH]3)c2c1C(F)(F)F)-c1ccccc1-6)n5C(F)(F)F)-c1ccccc1-4. The first-order valence-corrected chi connectivity index (χ1v) is 15.2. The Labute approximate surface area is 283 Å². The van der Waals surface area contributed by atoms with Gasteiger partial charge in [0.1, 0.15) is 11.3 Å². The predicted molar refractivity (Wildman–Crippen MR) is 171 cm³/mol. The Hall–Kier alpha value is -6.39. The highest BCUT2D eigenvalue weighted by Crippen LogP contribution is 2.46. The van der Waals surface area contributed by atoms with Crippen LogP contribution in [0, 0.1) is 0 Å². The molecule has 8 nitrogen and oxygen atoms in total. The van der Waals surface area contributed by atoms with Crippen molar-refractivity contribution in [3.05, 3.63) is 96.1 Å². The summed E-state index contributed by atoms with van der Waals surface area (Å²) in [5.74, 6) is -0.992. The molecule has 2 aliphatic rings. The number of hydrogen-bond donors (Lipinski definition) is 1. The van der Waals surface area contributed by atoms with E-state index in [4.69, 9.17) is 0 Å². The van der Waals surface area contributed by atoms with Crippen LogP contribution in [0.5, 0.6) is 0 Å². The van der Waals surface area contributed by atoms with Crippen LogP contribution in [0.15, 0.2) is 84.9 Å². The average molecular weight is 719 g/mol. The summed E-state index contributed by atoms with van der Waals surface area (Å²) in [5, 5.41) is -1.20. The minimum atomic E-state index is -5.52. The van der Waals surface area contributed by atoms with E-state index in [2.05, 4.69) is 34.9 Å². The quantitative estimate of drug-likeness (QED) is 0.157. The van der Waals surface area contributed by atoms with Gasteiger partial charge in [0.2, 0.25) is 0 Å². The molecule has 5 heterocycles. The molecule has 2 aliphatic heterocycles. The molecule has 4 aromatic carbocycles. The Morgan fingerprint density at radius 2 is 0.885 bits per heavy atom. The fraction of sp³-hybridized carbons (Fsp3) is 0.0857. The highest BCUT2D eigenvalue weighted by molar-refractivity contribution is 6.08. The Morgan fingerprint density at radius 3 is 1.33 bits per heavy atom. The molecule has 1 N–H and O–H groups in total. The van der Waals surface area contributed by atoms with Gasteiger partial charge in [-0.25, -0.2) is 34.5 Å². The van der Waals surface area contributed by atoms with E-state index in [9.17, 15) is 26.3 Å². The Morgan fingerprint density at radius 1 is 0.442 bits per heavy atom. The number of benzene rings is 4. The van der Waals surface area contributed by atoms with Crippen molar-refractivity contribution in [3.63, 3.8) is 0 Å². The summed E-state index contributed by atoms with van der Waals surface area (Å²) in [6.07, 6.45) is -16.0. The van der Waals surface area contributed by atoms with Crippen LogP contribution in [0.4, 0.5) is 39.5 Å². The Balaban J connectivity index is 1.56. The molecule has 0 radical (unpaired) electrons. The lowest BCUT2D eigenvalue weighted by Gasteiger charge is -2.16. The van der Waals surface area contributed by atoms with E-state index < -0.39 is 52.1 Å². The largest absolute Gasteiger partial charge is 0.491 e. The first-order chi connectivity index (χ1) is 24.7. The van der Waals surface area contributed by atoms with Crippen LogP contribution in [0.25, 0.3) is 89.7 Å². The molecule has 0 aliphatic carbocycles. The van der Waals surface area contributed by atoms with E-state index in [1.807, 2.05) is 0 Å². The smallest absolute Gasteiger partial charge is 0.324 e. The summed E-state index contributed by atoms with van der Waals surface area (Å²) in [5.41, 5.74) is -5.34. The van der Waals surface area contributed by atoms with Crippen LogP contribution < -0.4 is 0 Å². The molecule has 0 atom stereocenters. The number of halogens is 9. The molecular formula is C35H15F9N8. The lowest BCUT2D eigenvalue weighted by Crippen LogP contribution is -2.17. The zero-order valence-electron chi connectivity index (χ0n) is 25.6. The van der Waals surface area contributed by atoms with Crippen molar-refractivity contribution in [1.29, 1.82) is 0 Å². The highest BCUT2D eigenvalue weighted by atomic mass is 19.4. The van der Waals surface area contributed by atoms with Crippen molar-refractivity contribution in [1.82, 2.24) is 39.5 Å². The minimum absolute atomic E-state index is 0.0110. The fourth-order valence-electron chi connectivity index (χ4n) is 6.61. The molecule has 0 unspecified atom stereocenters. The topological polar surface area (TPSA) is 98.1 Å².